The Labute approximate surface area is 126 Å². The van der Waals surface area contributed by atoms with Gasteiger partial charge in [0.2, 0.25) is 0 Å². The Morgan fingerprint density at radius 1 is 1.55 bits per heavy atom. The fourth-order valence-corrected chi connectivity index (χ4v) is 2.97. The number of carbonyl (C=O) groups is 1. The largest absolute Gasteiger partial charge is 0.391 e. The molecule has 110 valence electrons. The number of benzene rings is 1. The molecule has 0 spiro atoms. The van der Waals surface area contributed by atoms with Gasteiger partial charge < -0.3 is 14.9 Å². The van der Waals surface area contributed by atoms with Crippen molar-refractivity contribution in [3.8, 4) is 0 Å². The van der Waals surface area contributed by atoms with E-state index in [4.69, 9.17) is 0 Å². The van der Waals surface area contributed by atoms with E-state index in [0.29, 0.717) is 29.5 Å². The molecule has 2 unspecified atom stereocenters. The Bertz CT molecular complexity index is 510. The Morgan fingerprint density at radius 2 is 2.25 bits per heavy atom. The summed E-state index contributed by atoms with van der Waals surface area (Å²) < 4.78 is 13.9. The number of β-amino-alcohol motifs (C(OH)–C–C–N with tert-alkyl or cyclic N) is 1. The molecular formula is C14H18BrFN2O2. The van der Waals surface area contributed by atoms with E-state index in [9.17, 15) is 14.3 Å². The van der Waals surface area contributed by atoms with E-state index >= 15 is 0 Å². The third kappa shape index (κ3) is 3.37. The summed E-state index contributed by atoms with van der Waals surface area (Å²) in [4.78, 5) is 16.2. The Balaban J connectivity index is 2.24. The lowest BCUT2D eigenvalue weighted by Crippen LogP contribution is -2.41. The van der Waals surface area contributed by atoms with E-state index in [1.807, 2.05) is 19.0 Å². The van der Waals surface area contributed by atoms with Crippen LogP contribution in [0.4, 0.5) is 4.39 Å². The summed E-state index contributed by atoms with van der Waals surface area (Å²) in [7, 11) is 3.84. The number of aliphatic hydroxyl groups excluding tert-OH is 1. The van der Waals surface area contributed by atoms with Crippen molar-refractivity contribution in [1.29, 1.82) is 0 Å². The lowest BCUT2D eigenvalue weighted by molar-refractivity contribution is 0.0697. The van der Waals surface area contributed by atoms with Crippen molar-refractivity contribution in [2.24, 2.45) is 0 Å². The van der Waals surface area contributed by atoms with Crippen LogP contribution in [0.1, 0.15) is 16.8 Å². The quantitative estimate of drug-likeness (QED) is 0.907. The standard InChI is InChI=1S/C14H18BrFN2O2/c1-17(2)7-10-6-11(19)8-18(10)14(20)12-5-9(16)3-4-13(12)15/h3-5,10-11,19H,6-8H2,1-2H3. The normalized spacial score (nSPS) is 22.6. The summed E-state index contributed by atoms with van der Waals surface area (Å²) in [6.07, 6.45) is 0.0351. The van der Waals surface area contributed by atoms with Gasteiger partial charge in [-0.15, -0.1) is 0 Å². The molecule has 4 nitrogen and oxygen atoms in total. The van der Waals surface area contributed by atoms with Crippen LogP contribution < -0.4 is 0 Å². The maximum atomic E-state index is 13.3. The zero-order valence-electron chi connectivity index (χ0n) is 11.5. The fraction of sp³-hybridized carbons (Fsp3) is 0.500. The molecule has 2 rings (SSSR count). The van der Waals surface area contributed by atoms with E-state index in [-0.39, 0.29) is 11.9 Å². The first kappa shape index (κ1) is 15.4. The number of carbonyl (C=O) groups excluding carboxylic acids is 1. The predicted molar refractivity (Wildman–Crippen MR) is 78.1 cm³/mol. The van der Waals surface area contributed by atoms with Gasteiger partial charge in [-0.25, -0.2) is 4.39 Å². The molecule has 1 aliphatic heterocycles. The lowest BCUT2D eigenvalue weighted by atomic mass is 10.1. The maximum Gasteiger partial charge on any atom is 0.255 e. The number of aliphatic hydroxyl groups is 1. The van der Waals surface area contributed by atoms with Crippen LogP contribution in [0, 0.1) is 5.82 Å². The molecule has 1 fully saturated rings. The second-order valence-corrected chi connectivity index (χ2v) is 6.24. The van der Waals surface area contributed by atoms with Crippen molar-refractivity contribution in [2.45, 2.75) is 18.6 Å². The van der Waals surface area contributed by atoms with Crippen LogP contribution in [0.5, 0.6) is 0 Å². The zero-order valence-corrected chi connectivity index (χ0v) is 13.1. The van der Waals surface area contributed by atoms with Gasteiger partial charge in [-0.2, -0.15) is 0 Å². The minimum atomic E-state index is -0.517. The van der Waals surface area contributed by atoms with Gasteiger partial charge in [0, 0.05) is 23.6 Å². The van der Waals surface area contributed by atoms with E-state index in [1.54, 1.807) is 4.90 Å². The van der Waals surface area contributed by atoms with Gasteiger partial charge in [-0.3, -0.25) is 4.79 Å². The first-order chi connectivity index (χ1) is 9.38. The van der Waals surface area contributed by atoms with Gasteiger partial charge in [0.05, 0.1) is 11.7 Å². The molecule has 6 heteroatoms. The predicted octanol–water partition coefficient (Wildman–Crippen LogP) is 1.73. The highest BCUT2D eigenvalue weighted by Gasteiger charge is 2.35. The van der Waals surface area contributed by atoms with E-state index < -0.39 is 11.9 Å². The van der Waals surface area contributed by atoms with Crippen molar-refractivity contribution in [3.63, 3.8) is 0 Å². The van der Waals surface area contributed by atoms with Crippen molar-refractivity contribution in [3.05, 3.63) is 34.1 Å². The molecule has 1 N–H and O–H groups in total. The first-order valence-electron chi connectivity index (χ1n) is 6.47. The highest BCUT2D eigenvalue weighted by molar-refractivity contribution is 9.10. The second-order valence-electron chi connectivity index (χ2n) is 5.39. The van der Waals surface area contributed by atoms with E-state index in [0.717, 1.165) is 0 Å². The summed E-state index contributed by atoms with van der Waals surface area (Å²) >= 11 is 3.28. The smallest absolute Gasteiger partial charge is 0.255 e. The minimum Gasteiger partial charge on any atom is -0.391 e. The van der Waals surface area contributed by atoms with Crippen LogP contribution in [-0.4, -0.2) is 60.1 Å². The monoisotopic (exact) mass is 344 g/mol. The Hall–Kier alpha value is -0.980. The molecule has 0 saturated carbocycles. The van der Waals surface area contributed by atoms with Crippen LogP contribution >= 0.6 is 15.9 Å². The number of rotatable bonds is 3. The summed E-state index contributed by atoms with van der Waals surface area (Å²) in [6.45, 7) is 0.968. The number of likely N-dealkylation sites (tertiary alicyclic amines) is 1. The maximum absolute atomic E-state index is 13.3. The molecule has 1 aromatic rings. The fourth-order valence-electron chi connectivity index (χ4n) is 2.55. The molecule has 0 radical (unpaired) electrons. The molecule has 1 aromatic carbocycles. The third-order valence-electron chi connectivity index (χ3n) is 3.39. The average Bonchev–Trinajstić information content (AvgIpc) is 2.71. The number of hydrogen-bond acceptors (Lipinski definition) is 3. The first-order valence-corrected chi connectivity index (χ1v) is 7.26. The van der Waals surface area contributed by atoms with E-state index in [1.165, 1.54) is 18.2 Å². The molecule has 1 aliphatic rings. The number of hydrogen-bond donors (Lipinski definition) is 1. The summed E-state index contributed by atoms with van der Waals surface area (Å²) in [5.41, 5.74) is 0.294. The number of nitrogens with zero attached hydrogens (tertiary/aromatic N) is 2. The number of amides is 1. The number of likely N-dealkylation sites (N-methyl/N-ethyl adjacent to an activating group) is 1. The average molecular weight is 345 g/mol. The van der Waals surface area contributed by atoms with Gasteiger partial charge in [0.1, 0.15) is 5.82 Å². The molecule has 0 aliphatic carbocycles. The molecule has 20 heavy (non-hydrogen) atoms. The van der Waals surface area contributed by atoms with Crippen molar-refractivity contribution < 1.29 is 14.3 Å². The summed E-state index contributed by atoms with van der Waals surface area (Å²) in [6, 6.07) is 4.00. The van der Waals surface area contributed by atoms with Gasteiger partial charge in [-0.1, -0.05) is 0 Å². The van der Waals surface area contributed by atoms with Crippen molar-refractivity contribution in [2.75, 3.05) is 27.2 Å². The number of halogens is 2. The highest BCUT2D eigenvalue weighted by Crippen LogP contribution is 2.25. The Kier molecular flexibility index (Phi) is 4.78. The summed E-state index contributed by atoms with van der Waals surface area (Å²) in [5, 5.41) is 9.80. The van der Waals surface area contributed by atoms with Crippen molar-refractivity contribution >= 4 is 21.8 Å². The van der Waals surface area contributed by atoms with Gasteiger partial charge in [0.15, 0.2) is 0 Å². The van der Waals surface area contributed by atoms with Crippen LogP contribution in [-0.2, 0) is 0 Å². The van der Waals surface area contributed by atoms with Gasteiger partial charge >= 0.3 is 0 Å². The third-order valence-corrected chi connectivity index (χ3v) is 4.08. The zero-order chi connectivity index (χ0) is 14.9. The van der Waals surface area contributed by atoms with Crippen molar-refractivity contribution in [1.82, 2.24) is 9.80 Å². The molecule has 0 aromatic heterocycles. The van der Waals surface area contributed by atoms with Crippen LogP contribution in [0.15, 0.2) is 22.7 Å². The van der Waals surface area contributed by atoms with Gasteiger partial charge in [0.25, 0.3) is 5.91 Å². The highest BCUT2D eigenvalue weighted by atomic mass is 79.9. The second kappa shape index (κ2) is 6.20. The molecule has 0 bridgehead atoms. The van der Waals surface area contributed by atoms with Crippen LogP contribution in [0.25, 0.3) is 0 Å². The summed E-state index contributed by atoms with van der Waals surface area (Å²) in [5.74, 6) is -0.694. The van der Waals surface area contributed by atoms with Crippen LogP contribution in [0.3, 0.4) is 0 Å². The Morgan fingerprint density at radius 3 is 2.90 bits per heavy atom. The molecular weight excluding hydrogens is 327 g/mol. The van der Waals surface area contributed by atoms with Crippen LogP contribution in [0.2, 0.25) is 0 Å². The topological polar surface area (TPSA) is 43.8 Å². The molecule has 1 saturated heterocycles. The SMILES string of the molecule is CN(C)CC1CC(O)CN1C(=O)c1cc(F)ccc1Br. The van der Waals surface area contributed by atoms with Gasteiger partial charge in [-0.05, 0) is 54.6 Å². The molecule has 1 heterocycles. The minimum absolute atomic E-state index is 0.0531. The molecule has 1 amide bonds. The lowest BCUT2D eigenvalue weighted by Gasteiger charge is -2.27. The van der Waals surface area contributed by atoms with E-state index in [2.05, 4.69) is 15.9 Å². The molecule has 2 atom stereocenters.